The summed E-state index contributed by atoms with van der Waals surface area (Å²) in [6.45, 7) is 2.42. The minimum atomic E-state index is -0.111. The van der Waals surface area contributed by atoms with Gasteiger partial charge >= 0.3 is 0 Å². The number of benzene rings is 2. The quantitative estimate of drug-likeness (QED) is 0.509. The monoisotopic (exact) mass is 459 g/mol. The van der Waals surface area contributed by atoms with Crippen molar-refractivity contribution in [3.63, 3.8) is 0 Å². The molecule has 1 aromatic heterocycles. The number of carbonyl (C=O) groups is 1. The van der Waals surface area contributed by atoms with Crippen LogP contribution in [0, 0.1) is 11.3 Å². The molecular formula is C25H22ClN5O2. The Hall–Kier alpha value is -3.34. The highest BCUT2D eigenvalue weighted by Crippen LogP contribution is 2.35. The van der Waals surface area contributed by atoms with Gasteiger partial charge < -0.3 is 14.2 Å². The summed E-state index contributed by atoms with van der Waals surface area (Å²) in [6.07, 6.45) is 5.59. The number of hydrogen-bond acceptors (Lipinski definition) is 5. The van der Waals surface area contributed by atoms with Gasteiger partial charge in [-0.05, 0) is 54.3 Å². The summed E-state index contributed by atoms with van der Waals surface area (Å²) >= 11 is 6.50. The van der Waals surface area contributed by atoms with Crippen molar-refractivity contribution in [2.75, 3.05) is 6.54 Å². The van der Waals surface area contributed by atoms with Gasteiger partial charge in [0.05, 0.1) is 23.6 Å². The topological polar surface area (TPSA) is 74.4 Å². The summed E-state index contributed by atoms with van der Waals surface area (Å²) in [7, 11) is 0. The third-order valence-electron chi connectivity index (χ3n) is 6.94. The second kappa shape index (κ2) is 7.91. The predicted molar refractivity (Wildman–Crippen MR) is 122 cm³/mol. The highest BCUT2D eigenvalue weighted by atomic mass is 35.5. The van der Waals surface area contributed by atoms with Crippen molar-refractivity contribution >= 4 is 17.5 Å². The average molecular weight is 460 g/mol. The number of halogens is 1. The fourth-order valence-corrected chi connectivity index (χ4v) is 5.43. The molecule has 8 bridgehead atoms. The standard InChI is InChI=1S/C25H22ClN5O2/c26-22-5-4-21-8-18(22)12-29-13-19-3-6-23(25(29)32)31(19)14-20-10-28-15-30(20)11-16-1-2-17(9-27)24(7-16)33-21/h1-2,4-5,7-8,10,15,19,23H,3,6,11-14H2/t19-,23+/m0/s1. The lowest BCUT2D eigenvalue weighted by Gasteiger charge is -2.40. The number of hydrogen-bond donors (Lipinski definition) is 0. The van der Waals surface area contributed by atoms with E-state index in [9.17, 15) is 10.1 Å². The molecule has 8 heteroatoms. The Kier molecular flexibility index (Phi) is 4.86. The zero-order valence-electron chi connectivity index (χ0n) is 17.9. The molecule has 0 spiro atoms. The molecule has 5 heterocycles. The molecule has 7 rings (SSSR count). The van der Waals surface area contributed by atoms with Crippen molar-refractivity contribution in [2.45, 2.75) is 44.6 Å². The summed E-state index contributed by atoms with van der Waals surface area (Å²) in [6, 6.07) is 13.5. The van der Waals surface area contributed by atoms with Crippen LogP contribution in [-0.4, -0.2) is 43.9 Å². The molecule has 2 fully saturated rings. The maximum absolute atomic E-state index is 13.4. The van der Waals surface area contributed by atoms with E-state index in [0.29, 0.717) is 54.3 Å². The zero-order chi connectivity index (χ0) is 22.5. The van der Waals surface area contributed by atoms with Gasteiger partial charge in [0, 0.05) is 43.4 Å². The maximum Gasteiger partial charge on any atom is 0.240 e. The molecule has 166 valence electrons. The van der Waals surface area contributed by atoms with Crippen LogP contribution in [0.3, 0.4) is 0 Å². The average Bonchev–Trinajstić information content (AvgIpc) is 3.37. The first-order valence-electron chi connectivity index (χ1n) is 11.1. The predicted octanol–water partition coefficient (Wildman–Crippen LogP) is 3.94. The van der Waals surface area contributed by atoms with Crippen molar-refractivity contribution in [2.24, 2.45) is 0 Å². The highest BCUT2D eigenvalue weighted by Gasteiger charge is 2.45. The Morgan fingerprint density at radius 2 is 2.03 bits per heavy atom. The van der Waals surface area contributed by atoms with Gasteiger partial charge in [0.15, 0.2) is 0 Å². The molecule has 0 aliphatic carbocycles. The zero-order valence-corrected chi connectivity index (χ0v) is 18.7. The Morgan fingerprint density at radius 1 is 1.12 bits per heavy atom. The van der Waals surface area contributed by atoms with E-state index >= 15 is 0 Å². The van der Waals surface area contributed by atoms with Gasteiger partial charge in [-0.3, -0.25) is 9.69 Å². The van der Waals surface area contributed by atoms with Gasteiger partial charge in [0.25, 0.3) is 0 Å². The molecule has 4 aliphatic rings. The molecule has 4 aliphatic heterocycles. The van der Waals surface area contributed by atoms with Gasteiger partial charge in [-0.1, -0.05) is 17.7 Å². The molecule has 1 amide bonds. The van der Waals surface area contributed by atoms with E-state index in [2.05, 4.69) is 20.5 Å². The molecule has 0 N–H and O–H groups in total. The summed E-state index contributed by atoms with van der Waals surface area (Å²) in [4.78, 5) is 22.0. The van der Waals surface area contributed by atoms with E-state index in [1.165, 1.54) is 0 Å². The number of rotatable bonds is 0. The van der Waals surface area contributed by atoms with Crippen LogP contribution < -0.4 is 4.74 Å². The molecule has 33 heavy (non-hydrogen) atoms. The third kappa shape index (κ3) is 3.56. The Balaban J connectivity index is 1.47. The van der Waals surface area contributed by atoms with Crippen molar-refractivity contribution in [1.82, 2.24) is 19.4 Å². The summed E-state index contributed by atoms with van der Waals surface area (Å²) in [5.74, 6) is 1.24. The second-order valence-electron chi connectivity index (χ2n) is 8.95. The fraction of sp³-hybridized carbons (Fsp3) is 0.320. The van der Waals surface area contributed by atoms with Crippen molar-refractivity contribution in [3.8, 4) is 17.6 Å². The first-order chi connectivity index (χ1) is 16.1. The van der Waals surface area contributed by atoms with Crippen LogP contribution in [0.25, 0.3) is 0 Å². The van der Waals surface area contributed by atoms with Gasteiger partial charge in [-0.15, -0.1) is 0 Å². The van der Waals surface area contributed by atoms with E-state index in [1.54, 1.807) is 18.2 Å². The molecule has 0 radical (unpaired) electrons. The lowest BCUT2D eigenvalue weighted by atomic mass is 10.1. The Labute approximate surface area is 196 Å². The molecule has 3 aromatic rings. The molecule has 7 nitrogen and oxygen atoms in total. The molecule has 2 aromatic carbocycles. The normalized spacial score (nSPS) is 23.7. The van der Waals surface area contributed by atoms with E-state index in [0.717, 1.165) is 29.7 Å². The number of carbonyl (C=O) groups excluding carboxylic acids is 1. The highest BCUT2D eigenvalue weighted by molar-refractivity contribution is 6.31. The van der Waals surface area contributed by atoms with Gasteiger partial charge in [0.2, 0.25) is 5.91 Å². The van der Waals surface area contributed by atoms with Crippen LogP contribution in [0.2, 0.25) is 5.02 Å². The molecule has 3 atom stereocenters. The van der Waals surface area contributed by atoms with Crippen molar-refractivity contribution < 1.29 is 9.53 Å². The van der Waals surface area contributed by atoms with E-state index in [1.807, 2.05) is 35.6 Å². The van der Waals surface area contributed by atoms with Gasteiger partial charge in [0.1, 0.15) is 17.6 Å². The first kappa shape index (κ1) is 20.3. The minimum Gasteiger partial charge on any atom is -0.456 e. The lowest BCUT2D eigenvalue weighted by molar-refractivity contribution is -0.142. The van der Waals surface area contributed by atoms with Gasteiger partial charge in [-0.25, -0.2) is 4.98 Å². The molecular weight excluding hydrogens is 438 g/mol. The smallest absolute Gasteiger partial charge is 0.240 e. The number of ether oxygens (including phenoxy) is 1. The second-order valence-corrected chi connectivity index (χ2v) is 9.36. The number of aromatic nitrogens is 2. The maximum atomic E-state index is 13.4. The third-order valence-corrected chi connectivity index (χ3v) is 7.31. The van der Waals surface area contributed by atoms with Crippen LogP contribution in [0.1, 0.15) is 35.2 Å². The number of nitrogens with zero attached hydrogens (tertiary/aromatic N) is 5. The largest absolute Gasteiger partial charge is 0.456 e. The summed E-state index contributed by atoms with van der Waals surface area (Å²) < 4.78 is 8.25. The van der Waals surface area contributed by atoms with E-state index in [4.69, 9.17) is 16.3 Å². The Bertz CT molecular complexity index is 1300. The van der Waals surface area contributed by atoms with Crippen LogP contribution in [0.4, 0.5) is 0 Å². The molecule has 1 unspecified atom stereocenters. The van der Waals surface area contributed by atoms with Crippen LogP contribution >= 0.6 is 11.6 Å². The summed E-state index contributed by atoms with van der Waals surface area (Å²) in [5, 5.41) is 10.2. The van der Waals surface area contributed by atoms with E-state index < -0.39 is 0 Å². The van der Waals surface area contributed by atoms with Crippen LogP contribution in [0.15, 0.2) is 48.9 Å². The number of amides is 1. The first-order valence-corrected chi connectivity index (χ1v) is 11.5. The van der Waals surface area contributed by atoms with Crippen molar-refractivity contribution in [3.05, 3.63) is 76.3 Å². The lowest BCUT2D eigenvalue weighted by Crippen LogP contribution is -2.56. The SMILES string of the molecule is N#Cc1ccc2cc1Oc1ccc(Cl)c(c1)CN1C[C@@H]3CC[C@H](C1=O)N3Cc1cncn1C2. The van der Waals surface area contributed by atoms with Crippen molar-refractivity contribution in [1.29, 1.82) is 5.26 Å². The van der Waals surface area contributed by atoms with Gasteiger partial charge in [-0.2, -0.15) is 5.26 Å². The fourth-order valence-electron chi connectivity index (χ4n) is 5.25. The molecule has 2 saturated heterocycles. The minimum absolute atomic E-state index is 0.111. The number of imidazole rings is 1. The number of nitriles is 1. The summed E-state index contributed by atoms with van der Waals surface area (Å²) in [5.41, 5.74) is 3.38. The number of piperazine rings is 1. The van der Waals surface area contributed by atoms with E-state index in [-0.39, 0.29) is 11.9 Å². The molecule has 0 saturated carbocycles. The Morgan fingerprint density at radius 3 is 2.91 bits per heavy atom. The van der Waals surface area contributed by atoms with Crippen LogP contribution in [0.5, 0.6) is 11.5 Å². The van der Waals surface area contributed by atoms with Crippen LogP contribution in [-0.2, 0) is 24.4 Å².